The molecule has 1 N–H and O–H groups in total. The second-order valence-corrected chi connectivity index (χ2v) is 8.18. The van der Waals surface area contributed by atoms with Gasteiger partial charge >= 0.3 is 0 Å². The Morgan fingerprint density at radius 3 is 2.81 bits per heavy atom. The maximum Gasteiger partial charge on any atom is 0.264 e. The number of carbonyl (C=O) groups is 1. The fraction of sp³-hybridized carbons (Fsp3) is 0. The third kappa shape index (κ3) is 4.02. The molecule has 1 fully saturated rings. The van der Waals surface area contributed by atoms with E-state index in [9.17, 15) is 10.1 Å². The van der Waals surface area contributed by atoms with Gasteiger partial charge in [-0.15, -0.1) is 0 Å². The third-order valence-corrected chi connectivity index (χ3v) is 5.91. The minimum Gasteiger partial charge on any atom is -0.300 e. The summed E-state index contributed by atoms with van der Waals surface area (Å²) in [7, 11) is 0. The van der Waals surface area contributed by atoms with Crippen LogP contribution < -0.4 is 5.32 Å². The SMILES string of the molecule is N#Cc1cccc(-c2ccccc2N=C2NC(=O)/C(=C/c3ccc4ncccc4c3)S2)c1. The largest absolute Gasteiger partial charge is 0.300 e. The Labute approximate surface area is 189 Å². The molecule has 3 aromatic carbocycles. The fourth-order valence-electron chi connectivity index (χ4n) is 3.50. The average Bonchev–Trinajstić information content (AvgIpc) is 3.17. The van der Waals surface area contributed by atoms with Crippen LogP contribution >= 0.6 is 11.8 Å². The van der Waals surface area contributed by atoms with Crippen molar-refractivity contribution in [1.82, 2.24) is 10.3 Å². The summed E-state index contributed by atoms with van der Waals surface area (Å²) in [5, 5.41) is 13.6. The number of nitriles is 1. The summed E-state index contributed by atoms with van der Waals surface area (Å²) in [5.74, 6) is -0.177. The van der Waals surface area contributed by atoms with E-state index in [-0.39, 0.29) is 5.91 Å². The highest BCUT2D eigenvalue weighted by molar-refractivity contribution is 8.18. The number of nitrogens with one attached hydrogen (secondary N) is 1. The van der Waals surface area contributed by atoms with Gasteiger partial charge in [0.1, 0.15) is 0 Å². The average molecular weight is 433 g/mol. The van der Waals surface area contributed by atoms with Gasteiger partial charge in [0.2, 0.25) is 0 Å². The molecule has 152 valence electrons. The monoisotopic (exact) mass is 432 g/mol. The second-order valence-electron chi connectivity index (χ2n) is 7.15. The Morgan fingerprint density at radius 2 is 1.91 bits per heavy atom. The molecule has 1 saturated heterocycles. The van der Waals surface area contributed by atoms with Gasteiger partial charge in [0.15, 0.2) is 5.17 Å². The van der Waals surface area contributed by atoms with Crippen LogP contribution in [0.5, 0.6) is 0 Å². The lowest BCUT2D eigenvalue weighted by Crippen LogP contribution is -2.19. The summed E-state index contributed by atoms with van der Waals surface area (Å²) in [5.41, 5.74) is 4.95. The highest BCUT2D eigenvalue weighted by atomic mass is 32.2. The highest BCUT2D eigenvalue weighted by Crippen LogP contribution is 2.34. The fourth-order valence-corrected chi connectivity index (χ4v) is 4.33. The molecule has 0 bridgehead atoms. The molecule has 32 heavy (non-hydrogen) atoms. The molecule has 5 nitrogen and oxygen atoms in total. The van der Waals surface area contributed by atoms with Gasteiger partial charge in [-0.3, -0.25) is 9.78 Å². The smallest absolute Gasteiger partial charge is 0.264 e. The van der Waals surface area contributed by atoms with E-state index in [1.54, 1.807) is 12.3 Å². The number of aromatic nitrogens is 1. The Hall–Kier alpha value is -4.21. The van der Waals surface area contributed by atoms with E-state index >= 15 is 0 Å². The van der Waals surface area contributed by atoms with E-state index < -0.39 is 0 Å². The molecule has 0 unspecified atom stereocenters. The molecule has 5 rings (SSSR count). The summed E-state index contributed by atoms with van der Waals surface area (Å²) < 4.78 is 0. The van der Waals surface area contributed by atoms with Gasteiger partial charge in [-0.1, -0.05) is 42.5 Å². The van der Waals surface area contributed by atoms with Crippen molar-refractivity contribution in [3.05, 3.63) is 101 Å². The van der Waals surface area contributed by atoms with Gasteiger partial charge < -0.3 is 5.32 Å². The Bertz CT molecular complexity index is 1470. The van der Waals surface area contributed by atoms with Crippen molar-refractivity contribution < 1.29 is 4.79 Å². The molecule has 0 aliphatic carbocycles. The van der Waals surface area contributed by atoms with Gasteiger partial charge in [-0.25, -0.2) is 4.99 Å². The predicted octanol–water partition coefficient (Wildman–Crippen LogP) is 5.67. The number of fused-ring (bicyclic) bond motifs is 1. The Kier molecular flexibility index (Phi) is 5.24. The summed E-state index contributed by atoms with van der Waals surface area (Å²) in [6.45, 7) is 0. The zero-order valence-corrected chi connectivity index (χ0v) is 17.6. The molecule has 1 amide bonds. The van der Waals surface area contributed by atoms with E-state index in [0.29, 0.717) is 15.6 Å². The number of carbonyl (C=O) groups excluding carboxylic acids is 1. The van der Waals surface area contributed by atoms with Crippen molar-refractivity contribution in [2.24, 2.45) is 4.99 Å². The molecule has 1 aliphatic heterocycles. The van der Waals surface area contributed by atoms with Gasteiger partial charge in [0, 0.05) is 17.1 Å². The minimum absolute atomic E-state index is 0.177. The lowest BCUT2D eigenvalue weighted by atomic mass is 10.0. The molecule has 0 saturated carbocycles. The van der Waals surface area contributed by atoms with Crippen LogP contribution in [0.4, 0.5) is 5.69 Å². The first kappa shape index (κ1) is 19.7. The first-order valence-electron chi connectivity index (χ1n) is 9.93. The molecular formula is C26H16N4OS. The number of aliphatic imine (C=N–C) groups is 1. The number of pyridine rings is 1. The zero-order chi connectivity index (χ0) is 21.9. The van der Waals surface area contributed by atoms with Crippen molar-refractivity contribution in [1.29, 1.82) is 5.26 Å². The maximum atomic E-state index is 12.6. The summed E-state index contributed by atoms with van der Waals surface area (Å²) >= 11 is 1.31. The van der Waals surface area contributed by atoms with Gasteiger partial charge in [0.05, 0.1) is 27.7 Å². The quantitative estimate of drug-likeness (QED) is 0.424. The number of benzene rings is 3. The Balaban J connectivity index is 1.46. The number of hydrogen-bond donors (Lipinski definition) is 1. The number of para-hydroxylation sites is 1. The second kappa shape index (κ2) is 8.50. The lowest BCUT2D eigenvalue weighted by Gasteiger charge is -2.07. The molecule has 6 heteroatoms. The number of nitrogens with zero attached hydrogens (tertiary/aromatic N) is 3. The van der Waals surface area contributed by atoms with Crippen molar-refractivity contribution in [3.8, 4) is 17.2 Å². The number of rotatable bonds is 3. The third-order valence-electron chi connectivity index (χ3n) is 5.00. The van der Waals surface area contributed by atoms with Crippen LogP contribution in [-0.2, 0) is 4.79 Å². The van der Waals surface area contributed by atoms with E-state index in [4.69, 9.17) is 4.99 Å². The summed E-state index contributed by atoms with van der Waals surface area (Å²) in [6.07, 6.45) is 3.62. The molecule has 0 radical (unpaired) electrons. The van der Waals surface area contributed by atoms with Gasteiger partial charge in [-0.2, -0.15) is 5.26 Å². The summed E-state index contributed by atoms with van der Waals surface area (Å²) in [6, 6.07) is 27.0. The van der Waals surface area contributed by atoms with Crippen LogP contribution in [0.3, 0.4) is 0 Å². The van der Waals surface area contributed by atoms with Crippen molar-refractivity contribution in [2.45, 2.75) is 0 Å². The van der Waals surface area contributed by atoms with E-state index in [2.05, 4.69) is 16.4 Å². The summed E-state index contributed by atoms with van der Waals surface area (Å²) in [4.78, 5) is 22.2. The lowest BCUT2D eigenvalue weighted by molar-refractivity contribution is -0.115. The van der Waals surface area contributed by atoms with E-state index in [0.717, 1.165) is 33.3 Å². The number of thioether (sulfide) groups is 1. The molecule has 0 spiro atoms. The Morgan fingerprint density at radius 1 is 1.00 bits per heavy atom. The van der Waals surface area contributed by atoms with Crippen LogP contribution in [0.15, 0.2) is 95.0 Å². The standard InChI is InChI=1S/C26H16N4OS/c27-16-18-5-3-6-19(14-18)21-8-1-2-9-23(21)29-26-30-25(31)24(32-26)15-17-10-11-22-20(13-17)7-4-12-28-22/h1-15H,(H,29,30,31)/b24-15-. The van der Waals surface area contributed by atoms with Crippen molar-refractivity contribution >= 4 is 45.5 Å². The minimum atomic E-state index is -0.177. The first-order valence-corrected chi connectivity index (χ1v) is 10.8. The first-order chi connectivity index (χ1) is 15.7. The molecule has 1 aromatic heterocycles. The van der Waals surface area contributed by atoms with Crippen molar-refractivity contribution in [2.75, 3.05) is 0 Å². The van der Waals surface area contributed by atoms with Crippen LogP contribution in [0.1, 0.15) is 11.1 Å². The topological polar surface area (TPSA) is 78.1 Å². The molecule has 2 heterocycles. The number of amidine groups is 1. The van der Waals surface area contributed by atoms with Gasteiger partial charge in [0.25, 0.3) is 5.91 Å². The molecule has 0 atom stereocenters. The van der Waals surface area contributed by atoms with Crippen LogP contribution in [0.25, 0.3) is 28.1 Å². The van der Waals surface area contributed by atoms with Crippen LogP contribution in [0, 0.1) is 11.3 Å². The molecule has 4 aromatic rings. The predicted molar refractivity (Wildman–Crippen MR) is 129 cm³/mol. The normalized spacial score (nSPS) is 15.8. The molecule has 1 aliphatic rings. The number of amides is 1. The van der Waals surface area contributed by atoms with Gasteiger partial charge in [-0.05, 0) is 65.4 Å². The van der Waals surface area contributed by atoms with E-state index in [1.807, 2.05) is 78.9 Å². The van der Waals surface area contributed by atoms with Crippen LogP contribution in [0.2, 0.25) is 0 Å². The zero-order valence-electron chi connectivity index (χ0n) is 16.8. The maximum absolute atomic E-state index is 12.6. The van der Waals surface area contributed by atoms with Crippen molar-refractivity contribution in [3.63, 3.8) is 0 Å². The number of hydrogen-bond acceptors (Lipinski definition) is 5. The highest BCUT2D eigenvalue weighted by Gasteiger charge is 2.24. The van der Waals surface area contributed by atoms with Crippen LogP contribution in [-0.4, -0.2) is 16.1 Å². The molecular weight excluding hydrogens is 416 g/mol. The van der Waals surface area contributed by atoms with E-state index in [1.165, 1.54) is 11.8 Å².